The van der Waals surface area contributed by atoms with Gasteiger partial charge < -0.3 is 14.4 Å². The van der Waals surface area contributed by atoms with Gasteiger partial charge in [0.2, 0.25) is 5.91 Å². The summed E-state index contributed by atoms with van der Waals surface area (Å²) in [7, 11) is 3.29. The van der Waals surface area contributed by atoms with Crippen LogP contribution in [0.1, 0.15) is 36.5 Å². The van der Waals surface area contributed by atoms with E-state index in [1.54, 1.807) is 20.3 Å². The molecular weight excluding hydrogens is 398 g/mol. The normalized spacial score (nSPS) is 10.3. The summed E-state index contributed by atoms with van der Waals surface area (Å²) in [5, 5.41) is 0. The molecule has 166 valence electrons. The van der Waals surface area contributed by atoms with Gasteiger partial charge in [0.25, 0.3) is 0 Å². The van der Waals surface area contributed by atoms with E-state index in [4.69, 9.17) is 9.47 Å². The molecule has 0 spiro atoms. The van der Waals surface area contributed by atoms with Gasteiger partial charge in [0, 0.05) is 19.2 Å². The van der Waals surface area contributed by atoms with Crippen molar-refractivity contribution in [1.82, 2.24) is 4.90 Å². The molecule has 3 aromatic carbocycles. The van der Waals surface area contributed by atoms with E-state index in [1.807, 2.05) is 71.6 Å². The molecule has 0 heterocycles. The van der Waals surface area contributed by atoms with Crippen molar-refractivity contribution in [2.24, 2.45) is 0 Å². The molecule has 3 aromatic rings. The summed E-state index contributed by atoms with van der Waals surface area (Å²) in [5.74, 6) is 1.56. The molecule has 0 radical (unpaired) electrons. The highest BCUT2D eigenvalue weighted by Crippen LogP contribution is 2.27. The van der Waals surface area contributed by atoms with Gasteiger partial charge in [0.1, 0.15) is 11.5 Å². The number of hydrogen-bond acceptors (Lipinski definition) is 3. The second kappa shape index (κ2) is 11.8. The molecule has 0 aliphatic heterocycles. The van der Waals surface area contributed by atoms with Gasteiger partial charge in [-0.05, 0) is 52.9 Å². The predicted molar refractivity (Wildman–Crippen MR) is 130 cm³/mol. The fraction of sp³-hybridized carbons (Fsp3) is 0.250. The van der Waals surface area contributed by atoms with Crippen molar-refractivity contribution in [2.45, 2.75) is 26.3 Å². The molecule has 0 bridgehead atoms. The highest BCUT2D eigenvalue weighted by atomic mass is 16.5. The first kappa shape index (κ1) is 23.1. The van der Waals surface area contributed by atoms with E-state index in [0.29, 0.717) is 6.54 Å². The van der Waals surface area contributed by atoms with E-state index in [2.05, 4.69) is 19.1 Å². The fourth-order valence-electron chi connectivity index (χ4n) is 3.51. The highest BCUT2D eigenvalue weighted by Gasteiger charge is 2.15. The quantitative estimate of drug-likeness (QED) is 0.373. The number of rotatable bonds is 10. The van der Waals surface area contributed by atoms with Crippen molar-refractivity contribution in [3.8, 4) is 11.5 Å². The van der Waals surface area contributed by atoms with Gasteiger partial charge in [0.05, 0.1) is 14.2 Å². The van der Waals surface area contributed by atoms with Crippen molar-refractivity contribution in [3.63, 3.8) is 0 Å². The molecule has 4 nitrogen and oxygen atoms in total. The van der Waals surface area contributed by atoms with Crippen LogP contribution in [-0.4, -0.2) is 31.6 Å². The summed E-state index contributed by atoms with van der Waals surface area (Å²) in [6.45, 7) is 3.45. The zero-order chi connectivity index (χ0) is 22.8. The third-order valence-corrected chi connectivity index (χ3v) is 5.38. The molecule has 0 atom stereocenters. The van der Waals surface area contributed by atoms with E-state index in [0.717, 1.165) is 53.1 Å². The van der Waals surface area contributed by atoms with E-state index in [1.165, 1.54) is 0 Å². The Hall–Kier alpha value is -3.53. The van der Waals surface area contributed by atoms with Crippen LogP contribution in [0, 0.1) is 0 Å². The zero-order valence-electron chi connectivity index (χ0n) is 19.1. The third-order valence-electron chi connectivity index (χ3n) is 5.38. The van der Waals surface area contributed by atoms with Gasteiger partial charge in [0.15, 0.2) is 0 Å². The number of methoxy groups -OCH3 is 2. The number of hydrogen-bond donors (Lipinski definition) is 0. The maximum absolute atomic E-state index is 13.5. The minimum Gasteiger partial charge on any atom is -0.497 e. The zero-order valence-corrected chi connectivity index (χ0v) is 19.1. The Balaban J connectivity index is 1.97. The molecule has 0 N–H and O–H groups in total. The van der Waals surface area contributed by atoms with Crippen LogP contribution in [0.15, 0.2) is 84.9 Å². The molecule has 3 rings (SSSR count). The minimum absolute atomic E-state index is 0.00365. The number of unbranched alkanes of at least 4 members (excludes halogenated alkanes) is 1. The van der Waals surface area contributed by atoms with Crippen molar-refractivity contribution in [1.29, 1.82) is 0 Å². The van der Waals surface area contributed by atoms with E-state index >= 15 is 0 Å². The summed E-state index contributed by atoms with van der Waals surface area (Å²) >= 11 is 0. The molecule has 0 aliphatic rings. The lowest BCUT2D eigenvalue weighted by molar-refractivity contribution is -0.126. The first-order chi connectivity index (χ1) is 15.6. The summed E-state index contributed by atoms with van der Waals surface area (Å²) in [4.78, 5) is 15.4. The smallest absolute Gasteiger partial charge is 0.247 e. The van der Waals surface area contributed by atoms with Crippen molar-refractivity contribution < 1.29 is 14.3 Å². The number of nitrogens with zero attached hydrogens (tertiary/aromatic N) is 1. The average Bonchev–Trinajstić information content (AvgIpc) is 2.85. The lowest BCUT2D eigenvalue weighted by atomic mass is 9.97. The largest absolute Gasteiger partial charge is 0.497 e. The molecule has 0 aliphatic carbocycles. The van der Waals surface area contributed by atoms with Gasteiger partial charge in [-0.3, -0.25) is 4.79 Å². The van der Waals surface area contributed by atoms with Crippen LogP contribution in [0.4, 0.5) is 0 Å². The number of carbonyl (C=O) groups is 1. The number of amides is 1. The molecule has 32 heavy (non-hydrogen) atoms. The molecule has 0 saturated heterocycles. The average molecular weight is 430 g/mol. The van der Waals surface area contributed by atoms with Crippen LogP contribution in [0.25, 0.3) is 5.57 Å². The first-order valence-electron chi connectivity index (χ1n) is 11.0. The lowest BCUT2D eigenvalue weighted by Crippen LogP contribution is -2.30. The van der Waals surface area contributed by atoms with Gasteiger partial charge in [-0.1, -0.05) is 67.9 Å². The van der Waals surface area contributed by atoms with E-state index < -0.39 is 0 Å². The summed E-state index contributed by atoms with van der Waals surface area (Å²) in [5.41, 5.74) is 3.91. The molecule has 1 amide bonds. The van der Waals surface area contributed by atoms with Gasteiger partial charge >= 0.3 is 0 Å². The SMILES string of the molecule is CCCCN(Cc1ccccc1)C(=O)C=C(c1ccc(OC)cc1)c1ccc(OC)cc1. The molecule has 0 unspecified atom stereocenters. The lowest BCUT2D eigenvalue weighted by Gasteiger charge is -2.22. The standard InChI is InChI=1S/C28H31NO3/c1-4-5-19-29(21-22-9-7-6-8-10-22)28(30)20-27(23-11-15-25(31-2)16-12-23)24-13-17-26(32-3)18-14-24/h6-18,20H,4-5,19,21H2,1-3H3. The highest BCUT2D eigenvalue weighted by molar-refractivity contribution is 5.99. The fourth-order valence-corrected chi connectivity index (χ4v) is 3.51. The Labute approximate surface area is 191 Å². The summed E-state index contributed by atoms with van der Waals surface area (Å²) < 4.78 is 10.6. The van der Waals surface area contributed by atoms with Gasteiger partial charge in [-0.2, -0.15) is 0 Å². The number of benzene rings is 3. The number of ether oxygens (including phenoxy) is 2. The summed E-state index contributed by atoms with van der Waals surface area (Å²) in [6.07, 6.45) is 3.75. The Morgan fingerprint density at radius 2 is 1.34 bits per heavy atom. The summed E-state index contributed by atoms with van der Waals surface area (Å²) in [6, 6.07) is 25.7. The second-order valence-electron chi connectivity index (χ2n) is 7.61. The minimum atomic E-state index is 0.00365. The van der Waals surface area contributed by atoms with E-state index in [9.17, 15) is 4.79 Å². The molecular formula is C28H31NO3. The Bertz CT molecular complexity index is 959. The third kappa shape index (κ3) is 6.24. The van der Waals surface area contributed by atoms with Gasteiger partial charge in [-0.25, -0.2) is 0 Å². The maximum atomic E-state index is 13.5. The topological polar surface area (TPSA) is 38.8 Å². The van der Waals surface area contributed by atoms with Crippen LogP contribution in [0.3, 0.4) is 0 Å². The molecule has 4 heteroatoms. The number of carbonyl (C=O) groups excluding carboxylic acids is 1. The Morgan fingerprint density at radius 3 is 1.81 bits per heavy atom. The Morgan fingerprint density at radius 1 is 0.812 bits per heavy atom. The van der Waals surface area contributed by atoms with Crippen molar-refractivity contribution in [2.75, 3.05) is 20.8 Å². The maximum Gasteiger partial charge on any atom is 0.247 e. The Kier molecular flexibility index (Phi) is 8.50. The molecule has 0 saturated carbocycles. The van der Waals surface area contributed by atoms with Crippen LogP contribution in [-0.2, 0) is 11.3 Å². The monoisotopic (exact) mass is 429 g/mol. The van der Waals surface area contributed by atoms with E-state index in [-0.39, 0.29) is 5.91 Å². The second-order valence-corrected chi connectivity index (χ2v) is 7.61. The molecule has 0 aromatic heterocycles. The molecule has 0 fully saturated rings. The predicted octanol–water partition coefficient (Wildman–Crippen LogP) is 5.96. The van der Waals surface area contributed by atoms with Crippen LogP contribution < -0.4 is 9.47 Å². The van der Waals surface area contributed by atoms with Crippen LogP contribution >= 0.6 is 0 Å². The first-order valence-corrected chi connectivity index (χ1v) is 11.0. The van der Waals surface area contributed by atoms with Crippen molar-refractivity contribution >= 4 is 11.5 Å². The van der Waals surface area contributed by atoms with Crippen LogP contribution in [0.2, 0.25) is 0 Å². The van der Waals surface area contributed by atoms with Crippen molar-refractivity contribution in [3.05, 3.63) is 102 Å². The van der Waals surface area contributed by atoms with Gasteiger partial charge in [-0.15, -0.1) is 0 Å². The van der Waals surface area contributed by atoms with Crippen LogP contribution in [0.5, 0.6) is 11.5 Å².